The maximum atomic E-state index is 14.1. The third kappa shape index (κ3) is 5.02. The van der Waals surface area contributed by atoms with E-state index in [1.807, 2.05) is 60.7 Å². The minimum Gasteiger partial charge on any atom is -0.334 e. The van der Waals surface area contributed by atoms with Gasteiger partial charge in [0.25, 0.3) is 0 Å². The summed E-state index contributed by atoms with van der Waals surface area (Å²) in [7, 11) is 0. The molecule has 3 rings (SSSR count). The molecule has 4 heteroatoms. The second-order valence-corrected chi connectivity index (χ2v) is 7.05. The van der Waals surface area contributed by atoms with Crippen molar-refractivity contribution in [2.24, 2.45) is 0 Å². The van der Waals surface area contributed by atoms with Crippen LogP contribution < -0.4 is 0 Å². The highest BCUT2D eigenvalue weighted by molar-refractivity contribution is 9.10. The van der Waals surface area contributed by atoms with Crippen LogP contribution >= 0.6 is 15.9 Å². The van der Waals surface area contributed by atoms with E-state index in [1.54, 1.807) is 17.0 Å². The number of hydrogen-bond donors (Lipinski definition) is 0. The first-order chi connectivity index (χ1) is 12.6. The Bertz CT molecular complexity index is 826. The molecule has 0 aromatic heterocycles. The molecule has 3 aromatic rings. The summed E-state index contributed by atoms with van der Waals surface area (Å²) in [5.74, 6) is -0.462. The van der Waals surface area contributed by atoms with Crippen molar-refractivity contribution in [2.45, 2.75) is 19.5 Å². The monoisotopic (exact) mass is 411 g/mol. The molecule has 0 aliphatic rings. The van der Waals surface area contributed by atoms with Gasteiger partial charge in [-0.1, -0.05) is 76.6 Å². The summed E-state index contributed by atoms with van der Waals surface area (Å²) in [4.78, 5) is 14.7. The molecule has 0 N–H and O–H groups in total. The summed E-state index contributed by atoms with van der Waals surface area (Å²) in [6.07, 6.45) is 0.0327. The molecule has 26 heavy (non-hydrogen) atoms. The van der Waals surface area contributed by atoms with Gasteiger partial charge in [-0.2, -0.15) is 0 Å². The van der Waals surface area contributed by atoms with Crippen LogP contribution in [0.2, 0.25) is 0 Å². The highest BCUT2D eigenvalue weighted by Gasteiger charge is 2.17. The molecule has 0 heterocycles. The van der Waals surface area contributed by atoms with Gasteiger partial charge in [-0.05, 0) is 34.9 Å². The summed E-state index contributed by atoms with van der Waals surface area (Å²) in [5, 5.41) is 0. The van der Waals surface area contributed by atoms with E-state index in [2.05, 4.69) is 15.9 Å². The molecule has 132 valence electrons. The van der Waals surface area contributed by atoms with Gasteiger partial charge in [0.05, 0.1) is 6.42 Å². The zero-order valence-corrected chi connectivity index (χ0v) is 15.8. The maximum Gasteiger partial charge on any atom is 0.227 e. The zero-order chi connectivity index (χ0) is 18.4. The molecule has 2 nitrogen and oxygen atoms in total. The molecule has 0 saturated heterocycles. The number of carbonyl (C=O) groups is 1. The van der Waals surface area contributed by atoms with E-state index in [4.69, 9.17) is 0 Å². The molecule has 0 spiro atoms. The third-order valence-corrected chi connectivity index (χ3v) is 4.63. The lowest BCUT2D eigenvalue weighted by atomic mass is 10.1. The predicted octanol–water partition coefficient (Wildman–Crippen LogP) is 5.36. The van der Waals surface area contributed by atoms with Crippen molar-refractivity contribution in [2.75, 3.05) is 0 Å². The number of carbonyl (C=O) groups excluding carboxylic acids is 1. The number of nitrogens with zero attached hydrogens (tertiary/aromatic N) is 1. The third-order valence-electron chi connectivity index (χ3n) is 4.13. The summed E-state index contributed by atoms with van der Waals surface area (Å²) in [6, 6.07) is 24.3. The van der Waals surface area contributed by atoms with Gasteiger partial charge in [0.1, 0.15) is 5.82 Å². The van der Waals surface area contributed by atoms with E-state index in [1.165, 1.54) is 6.07 Å². The van der Waals surface area contributed by atoms with Crippen molar-refractivity contribution >= 4 is 21.8 Å². The molecule has 0 atom stereocenters. The first-order valence-electron chi connectivity index (χ1n) is 8.41. The standard InChI is InChI=1S/C22H19BrFNO/c23-20-11-12-21(24)19(13-20)14-22(26)25(15-17-7-3-1-4-8-17)16-18-9-5-2-6-10-18/h1-13H,14-16H2. The fourth-order valence-corrected chi connectivity index (χ4v) is 3.20. The Morgan fingerprint density at radius 3 is 1.92 bits per heavy atom. The first kappa shape index (κ1) is 18.3. The Hall–Kier alpha value is -2.46. The van der Waals surface area contributed by atoms with Gasteiger partial charge in [-0.25, -0.2) is 4.39 Å². The van der Waals surface area contributed by atoms with Crippen LogP contribution in [0.4, 0.5) is 4.39 Å². The van der Waals surface area contributed by atoms with Gasteiger partial charge in [0, 0.05) is 17.6 Å². The van der Waals surface area contributed by atoms with Crippen molar-refractivity contribution in [1.29, 1.82) is 0 Å². The fraction of sp³-hybridized carbons (Fsp3) is 0.136. The summed E-state index contributed by atoms with van der Waals surface area (Å²) in [6.45, 7) is 0.981. The second kappa shape index (κ2) is 8.77. The topological polar surface area (TPSA) is 20.3 Å². The Balaban J connectivity index is 1.81. The quantitative estimate of drug-likeness (QED) is 0.534. The Labute approximate surface area is 161 Å². The van der Waals surface area contributed by atoms with Crippen molar-refractivity contribution in [1.82, 2.24) is 4.90 Å². The molecule has 0 unspecified atom stereocenters. The van der Waals surface area contributed by atoms with Gasteiger partial charge >= 0.3 is 0 Å². The molecule has 0 bridgehead atoms. The van der Waals surface area contributed by atoms with Gasteiger partial charge in [-0.3, -0.25) is 4.79 Å². The van der Waals surface area contributed by atoms with E-state index < -0.39 is 0 Å². The van der Waals surface area contributed by atoms with Gasteiger partial charge in [0.2, 0.25) is 5.91 Å². The highest BCUT2D eigenvalue weighted by atomic mass is 79.9. The van der Waals surface area contributed by atoms with Crippen LogP contribution in [0.5, 0.6) is 0 Å². The van der Waals surface area contributed by atoms with E-state index in [0.717, 1.165) is 15.6 Å². The lowest BCUT2D eigenvalue weighted by Gasteiger charge is -2.23. The van der Waals surface area contributed by atoms with Crippen molar-refractivity contribution < 1.29 is 9.18 Å². The molecular weight excluding hydrogens is 393 g/mol. The molecule has 0 fully saturated rings. The van der Waals surface area contributed by atoms with Gasteiger partial charge in [-0.15, -0.1) is 0 Å². The minimum atomic E-state index is -0.360. The molecular formula is C22H19BrFNO. The van der Waals surface area contributed by atoms with Crippen molar-refractivity contribution in [3.63, 3.8) is 0 Å². The highest BCUT2D eigenvalue weighted by Crippen LogP contribution is 2.18. The SMILES string of the molecule is O=C(Cc1cc(Br)ccc1F)N(Cc1ccccc1)Cc1ccccc1. The van der Waals surface area contributed by atoms with Crippen LogP contribution in [0.3, 0.4) is 0 Å². The molecule has 3 aromatic carbocycles. The molecule has 0 aliphatic heterocycles. The lowest BCUT2D eigenvalue weighted by Crippen LogP contribution is -2.31. The molecule has 0 saturated carbocycles. The van der Waals surface area contributed by atoms with Crippen LogP contribution in [0.15, 0.2) is 83.3 Å². The van der Waals surface area contributed by atoms with Crippen LogP contribution in [-0.4, -0.2) is 10.8 Å². The van der Waals surface area contributed by atoms with E-state index in [-0.39, 0.29) is 18.1 Å². The Morgan fingerprint density at radius 2 is 1.38 bits per heavy atom. The van der Waals surface area contributed by atoms with Crippen molar-refractivity contribution in [3.05, 3.63) is 106 Å². The van der Waals surface area contributed by atoms with E-state index in [9.17, 15) is 9.18 Å². The molecule has 0 radical (unpaired) electrons. The van der Waals surface area contributed by atoms with Gasteiger partial charge in [0.15, 0.2) is 0 Å². The Morgan fingerprint density at radius 1 is 0.846 bits per heavy atom. The minimum absolute atomic E-state index is 0.0327. The number of benzene rings is 3. The summed E-state index contributed by atoms with van der Waals surface area (Å²) < 4.78 is 14.8. The first-order valence-corrected chi connectivity index (χ1v) is 9.20. The predicted molar refractivity (Wildman–Crippen MR) is 105 cm³/mol. The lowest BCUT2D eigenvalue weighted by molar-refractivity contribution is -0.131. The number of rotatable bonds is 6. The van der Waals surface area contributed by atoms with Crippen LogP contribution in [-0.2, 0) is 24.3 Å². The van der Waals surface area contributed by atoms with Crippen LogP contribution in [0.1, 0.15) is 16.7 Å². The largest absolute Gasteiger partial charge is 0.334 e. The molecule has 1 amide bonds. The number of amides is 1. The fourth-order valence-electron chi connectivity index (χ4n) is 2.79. The smallest absolute Gasteiger partial charge is 0.227 e. The average molecular weight is 412 g/mol. The summed E-state index contributed by atoms with van der Waals surface area (Å²) >= 11 is 3.34. The van der Waals surface area contributed by atoms with Crippen LogP contribution in [0, 0.1) is 5.82 Å². The second-order valence-electron chi connectivity index (χ2n) is 6.13. The number of halogens is 2. The summed E-state index contributed by atoms with van der Waals surface area (Å²) in [5.41, 5.74) is 2.49. The average Bonchev–Trinajstić information content (AvgIpc) is 2.66. The molecule has 0 aliphatic carbocycles. The Kier molecular flexibility index (Phi) is 6.18. The van der Waals surface area contributed by atoms with E-state index in [0.29, 0.717) is 18.7 Å². The maximum absolute atomic E-state index is 14.1. The van der Waals surface area contributed by atoms with Gasteiger partial charge < -0.3 is 4.90 Å². The normalized spacial score (nSPS) is 10.5. The van der Waals surface area contributed by atoms with Crippen LogP contribution in [0.25, 0.3) is 0 Å². The zero-order valence-electron chi connectivity index (χ0n) is 14.2. The number of hydrogen-bond acceptors (Lipinski definition) is 1. The van der Waals surface area contributed by atoms with Crippen molar-refractivity contribution in [3.8, 4) is 0 Å². The van der Waals surface area contributed by atoms with E-state index >= 15 is 0 Å².